The van der Waals surface area contributed by atoms with Crippen molar-refractivity contribution in [1.82, 2.24) is 0 Å². The Morgan fingerprint density at radius 3 is 2.73 bits per heavy atom. The van der Waals surface area contributed by atoms with Crippen molar-refractivity contribution >= 4 is 22.8 Å². The molecular weight excluding hydrogens is 210 g/mol. The first-order valence-corrected chi connectivity index (χ1v) is 6.73. The Kier molecular flexibility index (Phi) is 3.34. The highest BCUT2D eigenvalue weighted by atomic mass is 32.2. The summed E-state index contributed by atoms with van der Waals surface area (Å²) < 4.78 is 7.24. The molecule has 3 nitrogen and oxygen atoms in total. The summed E-state index contributed by atoms with van der Waals surface area (Å²) in [6, 6.07) is 0.696. The first kappa shape index (κ1) is 11.0. The summed E-state index contributed by atoms with van der Waals surface area (Å²) in [5, 5.41) is 1.37. The third-order valence-corrected chi connectivity index (χ3v) is 4.32. The molecule has 0 amide bonds. The number of ether oxygens (including phenoxy) is 1. The van der Waals surface area contributed by atoms with E-state index >= 15 is 0 Å². The highest BCUT2D eigenvalue weighted by Crippen LogP contribution is 2.29. The van der Waals surface area contributed by atoms with Crippen molar-refractivity contribution in [3.05, 3.63) is 0 Å². The van der Waals surface area contributed by atoms with Crippen molar-refractivity contribution in [2.45, 2.75) is 31.7 Å². The second kappa shape index (κ2) is 4.56. The average Bonchev–Trinajstić information content (AvgIpc) is 2.58. The van der Waals surface area contributed by atoms with Crippen LogP contribution in [0.25, 0.3) is 0 Å². The molecule has 0 saturated heterocycles. The highest BCUT2D eigenvalue weighted by molar-refractivity contribution is 8.13. The number of hydrogen-bond donors (Lipinski definition) is 0. The molecule has 0 spiro atoms. The van der Waals surface area contributed by atoms with Crippen LogP contribution in [0.5, 0.6) is 0 Å². The fourth-order valence-corrected chi connectivity index (χ4v) is 3.13. The molecule has 1 aliphatic heterocycles. The zero-order valence-electron chi connectivity index (χ0n) is 9.36. The molecule has 1 atom stereocenters. The van der Waals surface area contributed by atoms with Gasteiger partial charge in [-0.25, -0.2) is 4.58 Å². The fourth-order valence-electron chi connectivity index (χ4n) is 2.31. The fraction of sp³-hybridized carbons (Fsp3) is 0.818. The van der Waals surface area contributed by atoms with Crippen LogP contribution in [0.1, 0.15) is 25.7 Å². The lowest BCUT2D eigenvalue weighted by molar-refractivity contribution is -0.572. The minimum Gasteiger partial charge on any atom is -0.469 e. The number of hydrogen-bond acceptors (Lipinski definition) is 3. The predicted octanol–water partition coefficient (Wildman–Crippen LogP) is 1.51. The number of carbonyl (C=O) groups is 1. The summed E-state index contributed by atoms with van der Waals surface area (Å²) in [6.45, 7) is 0.869. The third kappa shape index (κ3) is 2.05. The van der Waals surface area contributed by atoms with Gasteiger partial charge in [0.05, 0.1) is 13.5 Å². The zero-order chi connectivity index (χ0) is 10.8. The Balaban J connectivity index is 2.04. The van der Waals surface area contributed by atoms with Crippen LogP contribution in [-0.2, 0) is 9.53 Å². The van der Waals surface area contributed by atoms with Gasteiger partial charge in [-0.2, -0.15) is 0 Å². The third-order valence-electron chi connectivity index (χ3n) is 3.44. The molecule has 0 N–H and O–H groups in total. The Hall–Kier alpha value is -0.510. The van der Waals surface area contributed by atoms with Crippen LogP contribution in [-0.4, -0.2) is 41.5 Å². The van der Waals surface area contributed by atoms with E-state index < -0.39 is 0 Å². The standard InChI is InChI=1S/C11H18NO2S/c1-14-11(13)8-6-10(15-2)12(7-8)9-4-3-5-9/h8-9H,3-7H2,1-2H3/q+1. The van der Waals surface area contributed by atoms with E-state index in [1.165, 1.54) is 31.4 Å². The minimum absolute atomic E-state index is 0.0524. The lowest BCUT2D eigenvalue weighted by Gasteiger charge is -2.22. The van der Waals surface area contributed by atoms with Crippen molar-refractivity contribution in [3.63, 3.8) is 0 Å². The van der Waals surface area contributed by atoms with Crippen LogP contribution < -0.4 is 0 Å². The normalized spacial score (nSPS) is 26.7. The van der Waals surface area contributed by atoms with Crippen LogP contribution in [0, 0.1) is 5.92 Å². The lowest BCUT2D eigenvalue weighted by atomic mass is 9.92. The SMILES string of the molecule is COC(=O)C1CC(SC)=[N+](C2CCC2)C1. The van der Waals surface area contributed by atoms with Gasteiger partial charge >= 0.3 is 5.97 Å². The molecular formula is C11H18NO2S+. The summed E-state index contributed by atoms with van der Waals surface area (Å²) in [7, 11) is 1.48. The number of esters is 1. The van der Waals surface area contributed by atoms with Crippen molar-refractivity contribution < 1.29 is 14.1 Å². The van der Waals surface area contributed by atoms with Crippen LogP contribution in [0.3, 0.4) is 0 Å². The second-order valence-corrected chi connectivity index (χ2v) is 5.14. The smallest absolute Gasteiger partial charge is 0.315 e. The van der Waals surface area contributed by atoms with E-state index in [9.17, 15) is 4.79 Å². The number of nitrogens with zero attached hydrogens (tertiary/aromatic N) is 1. The monoisotopic (exact) mass is 228 g/mol. The summed E-state index contributed by atoms with van der Waals surface area (Å²) in [5.74, 6) is 0.0152. The quantitative estimate of drug-likeness (QED) is 0.530. The largest absolute Gasteiger partial charge is 0.469 e. The molecule has 0 bridgehead atoms. The van der Waals surface area contributed by atoms with E-state index in [0.717, 1.165) is 13.0 Å². The van der Waals surface area contributed by atoms with Gasteiger partial charge in [-0.15, -0.1) is 0 Å². The molecule has 1 fully saturated rings. The average molecular weight is 228 g/mol. The topological polar surface area (TPSA) is 29.3 Å². The van der Waals surface area contributed by atoms with E-state index in [1.807, 2.05) is 0 Å². The van der Waals surface area contributed by atoms with E-state index in [0.29, 0.717) is 6.04 Å². The van der Waals surface area contributed by atoms with E-state index in [4.69, 9.17) is 4.74 Å². The molecule has 1 saturated carbocycles. The summed E-state index contributed by atoms with van der Waals surface area (Å²) in [6.07, 6.45) is 6.90. The van der Waals surface area contributed by atoms with Crippen LogP contribution >= 0.6 is 11.8 Å². The van der Waals surface area contributed by atoms with E-state index in [-0.39, 0.29) is 11.9 Å². The molecule has 1 aliphatic carbocycles. The number of methoxy groups -OCH3 is 1. The maximum Gasteiger partial charge on any atom is 0.315 e. The van der Waals surface area contributed by atoms with Gasteiger partial charge in [0.15, 0.2) is 12.6 Å². The van der Waals surface area contributed by atoms with Crippen LogP contribution in [0.4, 0.5) is 0 Å². The van der Waals surface area contributed by atoms with Gasteiger partial charge < -0.3 is 4.74 Å². The molecule has 84 valence electrons. The number of rotatable bonds is 2. The van der Waals surface area contributed by atoms with Crippen molar-refractivity contribution in [2.24, 2.45) is 5.92 Å². The Bertz CT molecular complexity index is 297. The molecule has 0 radical (unpaired) electrons. The molecule has 2 aliphatic rings. The molecule has 1 unspecified atom stereocenters. The molecule has 0 aromatic heterocycles. The summed E-state index contributed by atoms with van der Waals surface area (Å²) in [5.41, 5.74) is 0. The Morgan fingerprint density at radius 1 is 1.53 bits per heavy atom. The Morgan fingerprint density at radius 2 is 2.27 bits per heavy atom. The first-order chi connectivity index (χ1) is 7.26. The van der Waals surface area contributed by atoms with E-state index in [1.54, 1.807) is 11.8 Å². The molecule has 1 heterocycles. The Labute approximate surface area is 94.9 Å². The van der Waals surface area contributed by atoms with Gasteiger partial charge in [-0.05, 0) is 12.7 Å². The van der Waals surface area contributed by atoms with Crippen LogP contribution in [0.15, 0.2) is 0 Å². The first-order valence-electron chi connectivity index (χ1n) is 5.50. The summed E-state index contributed by atoms with van der Waals surface area (Å²) in [4.78, 5) is 11.5. The molecule has 15 heavy (non-hydrogen) atoms. The van der Waals surface area contributed by atoms with Crippen molar-refractivity contribution in [3.8, 4) is 0 Å². The number of carbonyl (C=O) groups excluding carboxylic acids is 1. The van der Waals surface area contributed by atoms with Gasteiger partial charge in [0.2, 0.25) is 5.04 Å². The number of thioether (sulfide) groups is 1. The minimum atomic E-state index is -0.0524. The summed E-state index contributed by atoms with van der Waals surface area (Å²) >= 11 is 1.78. The lowest BCUT2D eigenvalue weighted by Crippen LogP contribution is -2.35. The van der Waals surface area contributed by atoms with Gasteiger partial charge in [-0.1, -0.05) is 11.8 Å². The van der Waals surface area contributed by atoms with Gasteiger partial charge in [-0.3, -0.25) is 4.79 Å². The molecule has 0 aromatic carbocycles. The zero-order valence-corrected chi connectivity index (χ0v) is 10.2. The maximum atomic E-state index is 11.5. The van der Waals surface area contributed by atoms with Gasteiger partial charge in [0, 0.05) is 12.8 Å². The maximum absolute atomic E-state index is 11.5. The molecule has 4 heteroatoms. The van der Waals surface area contributed by atoms with Crippen molar-refractivity contribution in [1.29, 1.82) is 0 Å². The van der Waals surface area contributed by atoms with Gasteiger partial charge in [0.1, 0.15) is 5.92 Å². The predicted molar refractivity (Wildman–Crippen MR) is 61.4 cm³/mol. The highest BCUT2D eigenvalue weighted by Gasteiger charge is 2.41. The van der Waals surface area contributed by atoms with Gasteiger partial charge in [0.25, 0.3) is 0 Å². The molecule has 2 rings (SSSR count). The van der Waals surface area contributed by atoms with E-state index in [2.05, 4.69) is 10.8 Å². The molecule has 0 aromatic rings. The van der Waals surface area contributed by atoms with Crippen molar-refractivity contribution in [2.75, 3.05) is 19.9 Å². The second-order valence-electron chi connectivity index (χ2n) is 4.26. The van der Waals surface area contributed by atoms with Crippen LogP contribution in [0.2, 0.25) is 0 Å².